The van der Waals surface area contributed by atoms with Crippen LogP contribution in [0, 0.1) is 0 Å². The van der Waals surface area contributed by atoms with Gasteiger partial charge in [-0.1, -0.05) is 73.5 Å². The summed E-state index contributed by atoms with van der Waals surface area (Å²) < 4.78 is 0. The number of rotatable bonds is 7. The molecule has 2 aromatic rings. The van der Waals surface area contributed by atoms with Crippen LogP contribution < -0.4 is 5.32 Å². The topological polar surface area (TPSA) is 32.3 Å². The normalized spacial score (nSPS) is 16.6. The molecule has 0 radical (unpaired) electrons. The smallest absolute Gasteiger partial charge is 0.224 e. The molecule has 1 atom stereocenters. The summed E-state index contributed by atoms with van der Waals surface area (Å²) in [6.07, 6.45) is 6.71. The lowest BCUT2D eigenvalue weighted by atomic mass is 10.0. The van der Waals surface area contributed by atoms with Gasteiger partial charge in [0.2, 0.25) is 5.91 Å². The lowest BCUT2D eigenvalue weighted by molar-refractivity contribution is -0.121. The van der Waals surface area contributed by atoms with E-state index in [9.17, 15) is 4.79 Å². The molecular formula is C23H30N2O. The first-order chi connectivity index (χ1) is 12.8. The molecule has 138 valence electrons. The fourth-order valence-electron chi connectivity index (χ4n) is 3.71. The summed E-state index contributed by atoms with van der Waals surface area (Å²) in [7, 11) is 0. The predicted molar refractivity (Wildman–Crippen MR) is 107 cm³/mol. The maximum atomic E-state index is 12.6. The SMILES string of the molecule is O=C(Cc1ccccc1)NC(CCN1CCCCCC1)c1ccccc1. The van der Waals surface area contributed by atoms with Crippen LogP contribution in [0.1, 0.15) is 49.3 Å². The number of carbonyl (C=O) groups is 1. The van der Waals surface area contributed by atoms with E-state index in [4.69, 9.17) is 0 Å². The quantitative estimate of drug-likeness (QED) is 0.805. The molecule has 1 unspecified atom stereocenters. The maximum absolute atomic E-state index is 12.6. The molecule has 0 bridgehead atoms. The number of nitrogens with one attached hydrogen (secondary N) is 1. The van der Waals surface area contributed by atoms with Crippen LogP contribution in [0.2, 0.25) is 0 Å². The van der Waals surface area contributed by atoms with Crippen molar-refractivity contribution in [3.8, 4) is 0 Å². The van der Waals surface area contributed by atoms with Gasteiger partial charge in [-0.05, 0) is 43.5 Å². The van der Waals surface area contributed by atoms with Crippen LogP contribution in [0.3, 0.4) is 0 Å². The van der Waals surface area contributed by atoms with Gasteiger partial charge >= 0.3 is 0 Å². The second-order valence-electron chi connectivity index (χ2n) is 7.24. The minimum atomic E-state index is 0.0793. The number of carbonyl (C=O) groups excluding carboxylic acids is 1. The highest BCUT2D eigenvalue weighted by Gasteiger charge is 2.17. The summed E-state index contributed by atoms with van der Waals surface area (Å²) in [5.74, 6) is 0.0981. The van der Waals surface area contributed by atoms with Gasteiger partial charge < -0.3 is 10.2 Å². The molecule has 0 saturated carbocycles. The minimum Gasteiger partial charge on any atom is -0.349 e. The first-order valence-electron chi connectivity index (χ1n) is 9.92. The Hall–Kier alpha value is -2.13. The van der Waals surface area contributed by atoms with Crippen molar-refractivity contribution in [3.05, 3.63) is 71.8 Å². The molecule has 1 amide bonds. The van der Waals surface area contributed by atoms with Gasteiger partial charge in [0.1, 0.15) is 0 Å². The summed E-state index contributed by atoms with van der Waals surface area (Å²) in [4.78, 5) is 15.1. The van der Waals surface area contributed by atoms with E-state index in [2.05, 4.69) is 34.5 Å². The van der Waals surface area contributed by atoms with Crippen LogP contribution in [0.25, 0.3) is 0 Å². The fourth-order valence-corrected chi connectivity index (χ4v) is 3.71. The second-order valence-corrected chi connectivity index (χ2v) is 7.24. The van der Waals surface area contributed by atoms with Gasteiger partial charge in [-0.2, -0.15) is 0 Å². The number of hydrogen-bond donors (Lipinski definition) is 1. The Morgan fingerprint density at radius 3 is 2.15 bits per heavy atom. The molecule has 0 spiro atoms. The van der Waals surface area contributed by atoms with Crippen LogP contribution in [0.15, 0.2) is 60.7 Å². The van der Waals surface area contributed by atoms with E-state index < -0.39 is 0 Å². The van der Waals surface area contributed by atoms with Crippen LogP contribution in [-0.2, 0) is 11.2 Å². The molecule has 1 saturated heterocycles. The fraction of sp³-hybridized carbons (Fsp3) is 0.435. The lowest BCUT2D eigenvalue weighted by Crippen LogP contribution is -2.34. The maximum Gasteiger partial charge on any atom is 0.224 e. The highest BCUT2D eigenvalue weighted by atomic mass is 16.1. The first kappa shape index (κ1) is 18.7. The van der Waals surface area contributed by atoms with Crippen molar-refractivity contribution >= 4 is 5.91 Å². The van der Waals surface area contributed by atoms with E-state index in [1.165, 1.54) is 44.3 Å². The van der Waals surface area contributed by atoms with Gasteiger partial charge in [-0.25, -0.2) is 0 Å². The molecule has 2 aromatic carbocycles. The monoisotopic (exact) mass is 350 g/mol. The number of likely N-dealkylation sites (tertiary alicyclic amines) is 1. The molecule has 1 aliphatic rings. The molecule has 1 heterocycles. The average molecular weight is 351 g/mol. The summed E-state index contributed by atoms with van der Waals surface area (Å²) >= 11 is 0. The number of amides is 1. The zero-order chi connectivity index (χ0) is 18.0. The molecule has 3 heteroatoms. The van der Waals surface area contributed by atoms with Gasteiger partial charge in [0, 0.05) is 6.54 Å². The zero-order valence-corrected chi connectivity index (χ0v) is 15.6. The van der Waals surface area contributed by atoms with E-state index in [0.717, 1.165) is 18.5 Å². The van der Waals surface area contributed by atoms with Crippen molar-refractivity contribution in [2.75, 3.05) is 19.6 Å². The molecule has 1 fully saturated rings. The van der Waals surface area contributed by atoms with Crippen LogP contribution >= 0.6 is 0 Å². The van der Waals surface area contributed by atoms with Crippen molar-refractivity contribution < 1.29 is 4.79 Å². The Balaban J connectivity index is 1.60. The van der Waals surface area contributed by atoms with E-state index in [1.54, 1.807) is 0 Å². The Labute approximate surface area is 157 Å². The van der Waals surface area contributed by atoms with Gasteiger partial charge in [0.15, 0.2) is 0 Å². The largest absolute Gasteiger partial charge is 0.349 e. The van der Waals surface area contributed by atoms with Crippen LogP contribution in [-0.4, -0.2) is 30.4 Å². The van der Waals surface area contributed by atoms with Gasteiger partial charge in [-0.3, -0.25) is 4.79 Å². The number of nitrogens with zero attached hydrogens (tertiary/aromatic N) is 1. The van der Waals surface area contributed by atoms with Gasteiger partial charge in [0.05, 0.1) is 12.5 Å². The van der Waals surface area contributed by atoms with E-state index in [1.807, 2.05) is 36.4 Å². The molecule has 3 nitrogen and oxygen atoms in total. The van der Waals surface area contributed by atoms with Crippen molar-refractivity contribution in [2.45, 2.75) is 44.6 Å². The molecule has 0 aliphatic carbocycles. The minimum absolute atomic E-state index is 0.0793. The highest BCUT2D eigenvalue weighted by molar-refractivity contribution is 5.79. The lowest BCUT2D eigenvalue weighted by Gasteiger charge is -2.25. The van der Waals surface area contributed by atoms with E-state index in [0.29, 0.717) is 6.42 Å². The third-order valence-electron chi connectivity index (χ3n) is 5.18. The first-order valence-corrected chi connectivity index (χ1v) is 9.92. The third kappa shape index (κ3) is 5.99. The molecule has 0 aromatic heterocycles. The molecular weight excluding hydrogens is 320 g/mol. The van der Waals surface area contributed by atoms with Crippen molar-refractivity contribution in [2.24, 2.45) is 0 Å². The standard InChI is InChI=1S/C23H30N2O/c26-23(19-20-11-5-3-6-12-20)24-22(21-13-7-4-8-14-21)15-18-25-16-9-1-2-10-17-25/h3-8,11-14,22H,1-2,9-10,15-19H2,(H,24,26). The Morgan fingerprint density at radius 1 is 0.885 bits per heavy atom. The second kappa shape index (κ2) is 10.1. The van der Waals surface area contributed by atoms with E-state index in [-0.39, 0.29) is 11.9 Å². The molecule has 1 N–H and O–H groups in total. The predicted octanol–water partition coefficient (Wildman–Crippen LogP) is 4.35. The Kier molecular flexibility index (Phi) is 7.26. The number of benzene rings is 2. The third-order valence-corrected chi connectivity index (χ3v) is 5.18. The summed E-state index contributed by atoms with van der Waals surface area (Å²) in [5.41, 5.74) is 2.26. The molecule has 3 rings (SSSR count). The molecule has 1 aliphatic heterocycles. The van der Waals surface area contributed by atoms with Crippen LogP contribution in [0.5, 0.6) is 0 Å². The molecule has 26 heavy (non-hydrogen) atoms. The Morgan fingerprint density at radius 2 is 1.50 bits per heavy atom. The number of hydrogen-bond acceptors (Lipinski definition) is 2. The summed E-state index contributed by atoms with van der Waals surface area (Å²) in [6, 6.07) is 20.4. The van der Waals surface area contributed by atoms with Crippen molar-refractivity contribution in [1.29, 1.82) is 0 Å². The van der Waals surface area contributed by atoms with Gasteiger partial charge in [-0.15, -0.1) is 0 Å². The zero-order valence-electron chi connectivity index (χ0n) is 15.6. The summed E-state index contributed by atoms with van der Waals surface area (Å²) in [5, 5.41) is 3.27. The van der Waals surface area contributed by atoms with Gasteiger partial charge in [0.25, 0.3) is 0 Å². The average Bonchev–Trinajstić information content (AvgIpc) is 2.95. The highest BCUT2D eigenvalue weighted by Crippen LogP contribution is 2.19. The Bertz CT molecular complexity index is 648. The van der Waals surface area contributed by atoms with Crippen molar-refractivity contribution in [1.82, 2.24) is 10.2 Å². The van der Waals surface area contributed by atoms with E-state index >= 15 is 0 Å². The summed E-state index contributed by atoms with van der Waals surface area (Å²) in [6.45, 7) is 3.43. The van der Waals surface area contributed by atoms with Crippen molar-refractivity contribution in [3.63, 3.8) is 0 Å². The van der Waals surface area contributed by atoms with Crippen LogP contribution in [0.4, 0.5) is 0 Å².